The molecule has 90 valence electrons. The first-order valence-corrected chi connectivity index (χ1v) is 5.29. The zero-order valence-corrected chi connectivity index (χ0v) is 9.48. The number of aryl methyl sites for hydroxylation is 1. The minimum atomic E-state index is -1.01. The molecule has 0 aliphatic carbocycles. The van der Waals surface area contributed by atoms with Crippen LogP contribution >= 0.6 is 0 Å². The van der Waals surface area contributed by atoms with Gasteiger partial charge in [-0.25, -0.2) is 0 Å². The van der Waals surface area contributed by atoms with Crippen molar-refractivity contribution in [2.45, 2.75) is 19.0 Å². The lowest BCUT2D eigenvalue weighted by atomic mass is 10.0. The van der Waals surface area contributed by atoms with E-state index in [1.807, 2.05) is 31.2 Å². The molecule has 1 aromatic rings. The van der Waals surface area contributed by atoms with Crippen molar-refractivity contribution < 1.29 is 15.3 Å². The van der Waals surface area contributed by atoms with Crippen LogP contribution in [0.3, 0.4) is 0 Å². The molecule has 0 amide bonds. The van der Waals surface area contributed by atoms with Crippen molar-refractivity contribution in [3.05, 3.63) is 35.4 Å². The number of aliphatic hydroxyl groups is 3. The number of rotatable bonds is 6. The first-order chi connectivity index (χ1) is 7.65. The summed E-state index contributed by atoms with van der Waals surface area (Å²) in [7, 11) is 0. The highest BCUT2D eigenvalue weighted by atomic mass is 16.3. The van der Waals surface area contributed by atoms with Crippen LogP contribution in [0, 0.1) is 6.92 Å². The zero-order chi connectivity index (χ0) is 12.0. The third-order valence-corrected chi connectivity index (χ3v) is 2.70. The smallest absolute Gasteiger partial charge is 0.0884 e. The maximum absolute atomic E-state index is 9.12. The van der Waals surface area contributed by atoms with Gasteiger partial charge in [-0.15, -0.1) is 0 Å². The first-order valence-electron chi connectivity index (χ1n) is 5.29. The normalized spacial score (nSPS) is 11.8. The lowest BCUT2D eigenvalue weighted by molar-refractivity contribution is 0.0414. The van der Waals surface area contributed by atoms with Crippen molar-refractivity contribution in [2.75, 3.05) is 19.8 Å². The highest BCUT2D eigenvalue weighted by Gasteiger charge is 2.26. The number of hydrogen-bond acceptors (Lipinski definition) is 4. The van der Waals surface area contributed by atoms with Crippen LogP contribution in [0.4, 0.5) is 0 Å². The van der Waals surface area contributed by atoms with E-state index in [2.05, 4.69) is 5.32 Å². The van der Waals surface area contributed by atoms with Crippen LogP contribution in [0.2, 0.25) is 0 Å². The van der Waals surface area contributed by atoms with Crippen molar-refractivity contribution in [3.8, 4) is 0 Å². The summed E-state index contributed by atoms with van der Waals surface area (Å²) in [6, 6.07) is 7.93. The Hall–Kier alpha value is -0.940. The van der Waals surface area contributed by atoms with Crippen LogP contribution in [0.25, 0.3) is 0 Å². The third-order valence-electron chi connectivity index (χ3n) is 2.70. The molecule has 0 saturated carbocycles. The molecule has 0 unspecified atom stereocenters. The number of nitrogens with one attached hydrogen (secondary N) is 1. The van der Waals surface area contributed by atoms with Crippen LogP contribution in [-0.4, -0.2) is 40.7 Å². The molecule has 0 aliphatic heterocycles. The Morgan fingerprint density at radius 1 is 1.00 bits per heavy atom. The predicted molar refractivity (Wildman–Crippen MR) is 62.0 cm³/mol. The second-order valence-corrected chi connectivity index (χ2v) is 4.09. The van der Waals surface area contributed by atoms with E-state index in [4.69, 9.17) is 15.3 Å². The van der Waals surface area contributed by atoms with Gasteiger partial charge in [0.05, 0.1) is 25.4 Å². The van der Waals surface area contributed by atoms with E-state index in [0.29, 0.717) is 6.54 Å². The van der Waals surface area contributed by atoms with E-state index in [1.54, 1.807) is 0 Å². The SMILES string of the molecule is Cc1ccc(CNC(CO)(CO)CO)cc1. The number of hydrogen-bond donors (Lipinski definition) is 4. The van der Waals surface area contributed by atoms with Gasteiger partial charge >= 0.3 is 0 Å². The van der Waals surface area contributed by atoms with Gasteiger partial charge in [0.25, 0.3) is 0 Å². The summed E-state index contributed by atoms with van der Waals surface area (Å²) in [4.78, 5) is 0. The van der Waals surface area contributed by atoms with Crippen molar-refractivity contribution in [1.82, 2.24) is 5.32 Å². The van der Waals surface area contributed by atoms with Gasteiger partial charge in [0.2, 0.25) is 0 Å². The first kappa shape index (κ1) is 13.1. The molecule has 0 spiro atoms. The van der Waals surface area contributed by atoms with E-state index in [-0.39, 0.29) is 19.8 Å². The maximum Gasteiger partial charge on any atom is 0.0884 e. The molecule has 0 atom stereocenters. The van der Waals surface area contributed by atoms with Gasteiger partial charge in [-0.05, 0) is 12.5 Å². The van der Waals surface area contributed by atoms with Gasteiger partial charge in [0.1, 0.15) is 0 Å². The monoisotopic (exact) mass is 225 g/mol. The van der Waals surface area contributed by atoms with Crippen molar-refractivity contribution in [2.24, 2.45) is 0 Å². The Morgan fingerprint density at radius 2 is 1.50 bits per heavy atom. The number of benzene rings is 1. The molecule has 4 N–H and O–H groups in total. The van der Waals surface area contributed by atoms with E-state index in [0.717, 1.165) is 5.56 Å². The van der Waals surface area contributed by atoms with E-state index < -0.39 is 5.54 Å². The molecule has 0 aliphatic rings. The summed E-state index contributed by atoms with van der Waals surface area (Å²) >= 11 is 0. The largest absolute Gasteiger partial charge is 0.394 e. The summed E-state index contributed by atoms with van der Waals surface area (Å²) in [5.74, 6) is 0. The summed E-state index contributed by atoms with van der Waals surface area (Å²) in [5.41, 5.74) is 1.22. The zero-order valence-electron chi connectivity index (χ0n) is 9.48. The molecule has 0 heterocycles. The van der Waals surface area contributed by atoms with Gasteiger partial charge in [-0.1, -0.05) is 29.8 Å². The Morgan fingerprint density at radius 3 is 1.94 bits per heavy atom. The predicted octanol–water partition coefficient (Wildman–Crippen LogP) is -0.200. The molecule has 0 saturated heterocycles. The van der Waals surface area contributed by atoms with Crippen molar-refractivity contribution in [3.63, 3.8) is 0 Å². The van der Waals surface area contributed by atoms with Crippen molar-refractivity contribution in [1.29, 1.82) is 0 Å². The molecular weight excluding hydrogens is 206 g/mol. The molecule has 1 aromatic carbocycles. The summed E-state index contributed by atoms with van der Waals surface area (Å²) in [6.07, 6.45) is 0. The topological polar surface area (TPSA) is 72.7 Å². The summed E-state index contributed by atoms with van der Waals surface area (Å²) in [5, 5.41) is 30.3. The Kier molecular flexibility index (Phi) is 4.89. The highest BCUT2D eigenvalue weighted by Crippen LogP contribution is 2.07. The van der Waals surface area contributed by atoms with Gasteiger partial charge in [-0.2, -0.15) is 0 Å². The summed E-state index contributed by atoms with van der Waals surface area (Å²) in [6.45, 7) is 1.61. The van der Waals surface area contributed by atoms with E-state index in [9.17, 15) is 0 Å². The molecule has 4 heteroatoms. The van der Waals surface area contributed by atoms with Crippen molar-refractivity contribution >= 4 is 0 Å². The lowest BCUT2D eigenvalue weighted by Crippen LogP contribution is -2.54. The molecule has 1 rings (SSSR count). The maximum atomic E-state index is 9.12. The molecule has 0 fully saturated rings. The van der Waals surface area contributed by atoms with Gasteiger partial charge < -0.3 is 20.6 Å². The second kappa shape index (κ2) is 5.96. The van der Waals surface area contributed by atoms with Gasteiger partial charge in [-0.3, -0.25) is 0 Å². The summed E-state index contributed by atoms with van der Waals surface area (Å²) < 4.78 is 0. The average Bonchev–Trinajstić information content (AvgIpc) is 2.34. The van der Waals surface area contributed by atoms with Crippen LogP contribution in [0.15, 0.2) is 24.3 Å². The van der Waals surface area contributed by atoms with Gasteiger partial charge in [0.15, 0.2) is 0 Å². The lowest BCUT2D eigenvalue weighted by Gasteiger charge is -2.28. The average molecular weight is 225 g/mol. The van der Waals surface area contributed by atoms with Gasteiger partial charge in [0, 0.05) is 6.54 Å². The van der Waals surface area contributed by atoms with E-state index in [1.165, 1.54) is 5.56 Å². The van der Waals surface area contributed by atoms with Crippen LogP contribution in [-0.2, 0) is 6.54 Å². The Balaban J connectivity index is 2.58. The van der Waals surface area contributed by atoms with Crippen LogP contribution < -0.4 is 5.32 Å². The minimum absolute atomic E-state index is 0.300. The second-order valence-electron chi connectivity index (χ2n) is 4.09. The van der Waals surface area contributed by atoms with Crippen LogP contribution in [0.1, 0.15) is 11.1 Å². The molecule has 0 bridgehead atoms. The fourth-order valence-electron chi connectivity index (χ4n) is 1.31. The van der Waals surface area contributed by atoms with Crippen LogP contribution in [0.5, 0.6) is 0 Å². The third kappa shape index (κ3) is 3.28. The fraction of sp³-hybridized carbons (Fsp3) is 0.500. The fourth-order valence-corrected chi connectivity index (χ4v) is 1.31. The minimum Gasteiger partial charge on any atom is -0.394 e. The quantitative estimate of drug-likeness (QED) is 0.541. The number of aliphatic hydroxyl groups excluding tert-OH is 3. The standard InChI is InChI=1S/C12H19NO3/c1-10-2-4-11(5-3-10)6-13-12(7-14,8-15)9-16/h2-5,13-16H,6-9H2,1H3. The molecule has 0 radical (unpaired) electrons. The Bertz CT molecular complexity index is 298. The molecule has 4 nitrogen and oxygen atoms in total. The highest BCUT2D eigenvalue weighted by molar-refractivity contribution is 5.21. The Labute approximate surface area is 95.6 Å². The molecule has 0 aromatic heterocycles. The van der Waals surface area contributed by atoms with E-state index >= 15 is 0 Å². The molecule has 16 heavy (non-hydrogen) atoms. The molecular formula is C12H19NO3.